The van der Waals surface area contributed by atoms with E-state index in [1.165, 1.54) is 38.5 Å². The largest absolute Gasteiger partial charge is 0.374 e. The van der Waals surface area contributed by atoms with Crippen molar-refractivity contribution in [2.24, 2.45) is 11.3 Å². The first-order valence-corrected chi connectivity index (χ1v) is 8.78. The number of likely N-dealkylation sites (N-methyl/N-ethyl adjacent to an activating group) is 1. The number of nitrogens with one attached hydrogen (secondary N) is 1. The van der Waals surface area contributed by atoms with E-state index in [1.807, 2.05) is 0 Å². The lowest BCUT2D eigenvalue weighted by Gasteiger charge is -2.49. The van der Waals surface area contributed by atoms with Crippen molar-refractivity contribution < 1.29 is 4.74 Å². The molecule has 2 unspecified atom stereocenters. The summed E-state index contributed by atoms with van der Waals surface area (Å²) in [5.74, 6) is 0.688. The Bertz CT molecular complexity index is 265. The van der Waals surface area contributed by atoms with Gasteiger partial charge in [-0.15, -0.1) is 0 Å². The molecule has 2 nitrogen and oxygen atoms in total. The van der Waals surface area contributed by atoms with E-state index in [2.05, 4.69) is 46.9 Å². The third-order valence-electron chi connectivity index (χ3n) is 5.19. The van der Waals surface area contributed by atoms with E-state index in [0.29, 0.717) is 17.4 Å². The van der Waals surface area contributed by atoms with Gasteiger partial charge >= 0.3 is 0 Å². The molecule has 1 aliphatic carbocycles. The van der Waals surface area contributed by atoms with E-state index in [4.69, 9.17) is 4.74 Å². The molecule has 0 aromatic rings. The minimum atomic E-state index is 0.0644. The lowest BCUT2D eigenvalue weighted by molar-refractivity contribution is -0.116. The normalized spacial score (nSPS) is 24.3. The van der Waals surface area contributed by atoms with Crippen molar-refractivity contribution >= 4 is 0 Å². The van der Waals surface area contributed by atoms with Gasteiger partial charge in [0.1, 0.15) is 0 Å². The summed E-state index contributed by atoms with van der Waals surface area (Å²) in [6.07, 6.45) is 7.53. The van der Waals surface area contributed by atoms with Gasteiger partial charge < -0.3 is 10.1 Å². The number of hydrogen-bond donors (Lipinski definition) is 1. The molecule has 0 bridgehead atoms. The van der Waals surface area contributed by atoms with Crippen molar-refractivity contribution in [3.8, 4) is 0 Å². The van der Waals surface area contributed by atoms with Crippen LogP contribution >= 0.6 is 0 Å². The molecule has 0 radical (unpaired) electrons. The highest BCUT2D eigenvalue weighted by Crippen LogP contribution is 2.45. The maximum Gasteiger partial charge on any atom is 0.0837 e. The first-order chi connectivity index (χ1) is 9.40. The highest BCUT2D eigenvalue weighted by Gasteiger charge is 2.45. The Morgan fingerprint density at radius 2 is 1.65 bits per heavy atom. The molecular formula is C18H37NO. The van der Waals surface area contributed by atoms with Crippen LogP contribution in [-0.2, 0) is 4.74 Å². The third kappa shape index (κ3) is 4.46. The molecular weight excluding hydrogens is 246 g/mol. The van der Waals surface area contributed by atoms with Crippen LogP contribution in [0.2, 0.25) is 0 Å². The molecule has 0 aliphatic heterocycles. The van der Waals surface area contributed by atoms with Crippen molar-refractivity contribution in [2.45, 2.75) is 91.7 Å². The molecule has 20 heavy (non-hydrogen) atoms. The lowest BCUT2D eigenvalue weighted by atomic mass is 9.66. The average Bonchev–Trinajstić information content (AvgIpc) is 2.39. The van der Waals surface area contributed by atoms with Gasteiger partial charge in [-0.2, -0.15) is 0 Å². The zero-order valence-corrected chi connectivity index (χ0v) is 14.7. The standard InChI is InChI=1S/C18H37NO/c1-7-10-15(4)16(19-8-2)18(20-9-3)13-11-17(5,6)12-14-18/h15-16,19H,7-14H2,1-6H3. The molecule has 1 aliphatic rings. The second-order valence-electron chi connectivity index (χ2n) is 7.46. The van der Waals surface area contributed by atoms with E-state index >= 15 is 0 Å². The summed E-state index contributed by atoms with van der Waals surface area (Å²) in [6, 6.07) is 0.503. The van der Waals surface area contributed by atoms with Crippen LogP contribution in [-0.4, -0.2) is 24.8 Å². The van der Waals surface area contributed by atoms with Gasteiger partial charge in [-0.25, -0.2) is 0 Å². The van der Waals surface area contributed by atoms with Gasteiger partial charge in [0.05, 0.1) is 5.60 Å². The van der Waals surface area contributed by atoms with E-state index in [9.17, 15) is 0 Å². The molecule has 1 saturated carbocycles. The van der Waals surface area contributed by atoms with E-state index in [0.717, 1.165) is 13.2 Å². The Balaban J connectivity index is 2.89. The molecule has 0 aromatic carbocycles. The van der Waals surface area contributed by atoms with Gasteiger partial charge in [0.25, 0.3) is 0 Å². The zero-order valence-electron chi connectivity index (χ0n) is 14.7. The van der Waals surface area contributed by atoms with Gasteiger partial charge in [0, 0.05) is 12.6 Å². The van der Waals surface area contributed by atoms with Crippen LogP contribution < -0.4 is 5.32 Å². The van der Waals surface area contributed by atoms with Gasteiger partial charge in [-0.1, -0.05) is 41.0 Å². The van der Waals surface area contributed by atoms with Crippen LogP contribution in [0.15, 0.2) is 0 Å². The first kappa shape index (κ1) is 18.0. The maximum atomic E-state index is 6.38. The Morgan fingerprint density at radius 3 is 2.10 bits per heavy atom. The SMILES string of the molecule is CCCC(C)C(NCC)C1(OCC)CCC(C)(C)CC1. The highest BCUT2D eigenvalue weighted by molar-refractivity contribution is 5.00. The number of ether oxygens (including phenoxy) is 1. The Hall–Kier alpha value is -0.0800. The average molecular weight is 284 g/mol. The first-order valence-electron chi connectivity index (χ1n) is 8.78. The quantitative estimate of drug-likeness (QED) is 0.692. The van der Waals surface area contributed by atoms with Gasteiger partial charge in [-0.05, 0) is 56.9 Å². The summed E-state index contributed by atoms with van der Waals surface area (Å²) in [4.78, 5) is 0. The van der Waals surface area contributed by atoms with Gasteiger partial charge in [-0.3, -0.25) is 0 Å². The molecule has 2 heteroatoms. The molecule has 1 fully saturated rings. The predicted octanol–water partition coefficient (Wildman–Crippen LogP) is 4.78. The highest BCUT2D eigenvalue weighted by atomic mass is 16.5. The molecule has 2 atom stereocenters. The molecule has 0 amide bonds. The molecule has 0 spiro atoms. The van der Waals surface area contributed by atoms with Crippen LogP contribution in [0.1, 0.15) is 80.1 Å². The van der Waals surface area contributed by atoms with Crippen molar-refractivity contribution in [3.05, 3.63) is 0 Å². The third-order valence-corrected chi connectivity index (χ3v) is 5.19. The smallest absolute Gasteiger partial charge is 0.0837 e. The molecule has 1 N–H and O–H groups in total. The fourth-order valence-electron chi connectivity index (χ4n) is 3.93. The predicted molar refractivity (Wildman–Crippen MR) is 88.1 cm³/mol. The topological polar surface area (TPSA) is 21.3 Å². The summed E-state index contributed by atoms with van der Waals surface area (Å²) in [5, 5.41) is 3.76. The monoisotopic (exact) mass is 283 g/mol. The fraction of sp³-hybridized carbons (Fsp3) is 1.00. The second-order valence-corrected chi connectivity index (χ2v) is 7.46. The molecule has 0 saturated heterocycles. The van der Waals surface area contributed by atoms with Crippen LogP contribution in [0.3, 0.4) is 0 Å². The summed E-state index contributed by atoms with van der Waals surface area (Å²) in [5.41, 5.74) is 0.556. The molecule has 1 rings (SSSR count). The van der Waals surface area contributed by atoms with Crippen LogP contribution in [0.25, 0.3) is 0 Å². The summed E-state index contributed by atoms with van der Waals surface area (Å²) >= 11 is 0. The molecule has 0 aromatic heterocycles. The van der Waals surface area contributed by atoms with Gasteiger partial charge in [0.2, 0.25) is 0 Å². The maximum absolute atomic E-state index is 6.38. The van der Waals surface area contributed by atoms with E-state index < -0.39 is 0 Å². The summed E-state index contributed by atoms with van der Waals surface area (Å²) in [6.45, 7) is 15.7. The number of hydrogen-bond acceptors (Lipinski definition) is 2. The van der Waals surface area contributed by atoms with Crippen molar-refractivity contribution in [3.63, 3.8) is 0 Å². The zero-order chi connectivity index (χ0) is 15.2. The van der Waals surface area contributed by atoms with Crippen molar-refractivity contribution in [1.82, 2.24) is 5.32 Å². The Labute approximate surface area is 127 Å². The van der Waals surface area contributed by atoms with Crippen LogP contribution in [0, 0.1) is 11.3 Å². The minimum Gasteiger partial charge on any atom is -0.374 e. The summed E-state index contributed by atoms with van der Waals surface area (Å²) < 4.78 is 6.38. The van der Waals surface area contributed by atoms with E-state index in [-0.39, 0.29) is 5.60 Å². The Kier molecular flexibility index (Phi) is 7.00. The van der Waals surface area contributed by atoms with Crippen LogP contribution in [0.5, 0.6) is 0 Å². The van der Waals surface area contributed by atoms with Crippen molar-refractivity contribution in [1.29, 1.82) is 0 Å². The molecule has 0 heterocycles. The number of rotatable bonds is 8. The second kappa shape index (κ2) is 7.79. The Morgan fingerprint density at radius 1 is 1.05 bits per heavy atom. The van der Waals surface area contributed by atoms with E-state index in [1.54, 1.807) is 0 Å². The van der Waals surface area contributed by atoms with Crippen LogP contribution in [0.4, 0.5) is 0 Å². The fourth-order valence-corrected chi connectivity index (χ4v) is 3.93. The van der Waals surface area contributed by atoms with Crippen molar-refractivity contribution in [2.75, 3.05) is 13.2 Å². The van der Waals surface area contributed by atoms with Gasteiger partial charge in [0.15, 0.2) is 0 Å². The molecule has 120 valence electrons. The lowest BCUT2D eigenvalue weighted by Crippen LogP contribution is -2.58. The minimum absolute atomic E-state index is 0.0644. The summed E-state index contributed by atoms with van der Waals surface area (Å²) in [7, 11) is 0.